The number of fused-ring (bicyclic) bond motifs is 1. The fourth-order valence-corrected chi connectivity index (χ4v) is 4.52. The Bertz CT molecular complexity index is 1300. The third kappa shape index (κ3) is 5.89. The van der Waals surface area contributed by atoms with Crippen molar-refractivity contribution in [3.8, 4) is 5.95 Å². The molecule has 2 aromatic rings. The van der Waals surface area contributed by atoms with E-state index >= 15 is 0 Å². The second-order valence-corrected chi connectivity index (χ2v) is 9.88. The summed E-state index contributed by atoms with van der Waals surface area (Å²) >= 11 is 0. The number of imidazole rings is 1. The monoisotopic (exact) mass is 534 g/mol. The van der Waals surface area contributed by atoms with E-state index in [9.17, 15) is 9.59 Å². The van der Waals surface area contributed by atoms with E-state index in [2.05, 4.69) is 29.5 Å². The molecule has 1 unspecified atom stereocenters. The molecule has 5 rings (SSSR count). The third-order valence-electron chi connectivity index (χ3n) is 6.71. The normalized spacial score (nSPS) is 18.5. The van der Waals surface area contributed by atoms with Gasteiger partial charge < -0.3 is 29.9 Å². The lowest BCUT2D eigenvalue weighted by atomic mass is 10.1. The van der Waals surface area contributed by atoms with Gasteiger partial charge in [0, 0.05) is 56.8 Å². The highest BCUT2D eigenvalue weighted by Gasteiger charge is 2.36. The summed E-state index contributed by atoms with van der Waals surface area (Å²) in [6, 6.07) is 0.981. The van der Waals surface area contributed by atoms with Gasteiger partial charge in [-0.3, -0.25) is 9.36 Å². The molecular weight excluding hydrogens is 500 g/mol. The third-order valence-corrected chi connectivity index (χ3v) is 6.71. The lowest BCUT2D eigenvalue weighted by Gasteiger charge is -2.41. The molecule has 1 saturated heterocycles. The molecular formula is C27H34N8O4. The van der Waals surface area contributed by atoms with E-state index in [0.29, 0.717) is 49.5 Å². The van der Waals surface area contributed by atoms with Crippen molar-refractivity contribution in [1.29, 1.82) is 0 Å². The number of aromatic nitrogens is 4. The Labute approximate surface area is 227 Å². The largest absolute Gasteiger partial charge is 0.485 e. The van der Waals surface area contributed by atoms with Gasteiger partial charge in [0.1, 0.15) is 24.8 Å². The van der Waals surface area contributed by atoms with E-state index in [-0.39, 0.29) is 30.9 Å². The Hall–Kier alpha value is -4.35. The summed E-state index contributed by atoms with van der Waals surface area (Å²) in [4.78, 5) is 43.8. The molecule has 1 fully saturated rings. The molecule has 3 aliphatic heterocycles. The van der Waals surface area contributed by atoms with Crippen molar-refractivity contribution in [1.82, 2.24) is 35.1 Å². The van der Waals surface area contributed by atoms with Gasteiger partial charge in [0.05, 0.1) is 12.0 Å². The lowest BCUT2D eigenvalue weighted by molar-refractivity contribution is -0.125. The SMILES string of the molecule is CCCNC(=O)N1CCN(c2cc(C(C)C)nc(-n3ccnc3)n2)CC1C(=O)NCC1=COC2=CCOC2=C1. The van der Waals surface area contributed by atoms with Gasteiger partial charge in [0.2, 0.25) is 11.9 Å². The molecule has 1 atom stereocenters. The maximum absolute atomic E-state index is 13.5. The minimum atomic E-state index is -0.722. The molecule has 5 heterocycles. The van der Waals surface area contributed by atoms with E-state index in [1.165, 1.54) is 0 Å². The minimum Gasteiger partial charge on any atom is -0.485 e. The molecule has 206 valence electrons. The molecule has 12 nitrogen and oxygen atoms in total. The van der Waals surface area contributed by atoms with Crippen LogP contribution in [0.3, 0.4) is 0 Å². The van der Waals surface area contributed by atoms with Gasteiger partial charge >= 0.3 is 6.03 Å². The Morgan fingerprint density at radius 2 is 2.05 bits per heavy atom. The average molecular weight is 535 g/mol. The number of piperazine rings is 1. The zero-order valence-electron chi connectivity index (χ0n) is 22.5. The number of urea groups is 1. The van der Waals surface area contributed by atoms with E-state index < -0.39 is 6.04 Å². The van der Waals surface area contributed by atoms with Crippen molar-refractivity contribution in [2.75, 3.05) is 44.2 Å². The summed E-state index contributed by atoms with van der Waals surface area (Å²) < 4.78 is 12.9. The average Bonchev–Trinajstić information content (AvgIpc) is 3.66. The highest BCUT2D eigenvalue weighted by molar-refractivity contribution is 5.88. The molecule has 0 aromatic carbocycles. The van der Waals surface area contributed by atoms with E-state index in [0.717, 1.165) is 17.7 Å². The molecule has 0 saturated carbocycles. The first-order valence-electron chi connectivity index (χ1n) is 13.3. The van der Waals surface area contributed by atoms with Gasteiger partial charge in [-0.15, -0.1) is 0 Å². The van der Waals surface area contributed by atoms with Gasteiger partial charge in [-0.1, -0.05) is 20.8 Å². The zero-order chi connectivity index (χ0) is 27.4. The molecule has 0 radical (unpaired) electrons. The number of amides is 3. The number of ether oxygens (including phenoxy) is 2. The van der Waals surface area contributed by atoms with E-state index in [1.54, 1.807) is 34.5 Å². The van der Waals surface area contributed by atoms with Crippen LogP contribution in [0.4, 0.5) is 10.6 Å². The van der Waals surface area contributed by atoms with Gasteiger partial charge in [-0.25, -0.2) is 14.8 Å². The fraction of sp³-hybridized carbons (Fsp3) is 0.444. The van der Waals surface area contributed by atoms with Crippen molar-refractivity contribution in [3.63, 3.8) is 0 Å². The van der Waals surface area contributed by atoms with Gasteiger partial charge in [-0.05, 0) is 24.5 Å². The van der Waals surface area contributed by atoms with Crippen LogP contribution in [0.1, 0.15) is 38.8 Å². The smallest absolute Gasteiger partial charge is 0.318 e. The van der Waals surface area contributed by atoms with Gasteiger partial charge in [0.15, 0.2) is 11.5 Å². The van der Waals surface area contributed by atoms with Crippen LogP contribution in [0.25, 0.3) is 5.95 Å². The first kappa shape index (κ1) is 26.3. The van der Waals surface area contributed by atoms with Crippen molar-refractivity contribution in [2.24, 2.45) is 0 Å². The Morgan fingerprint density at radius 1 is 1.18 bits per heavy atom. The summed E-state index contributed by atoms with van der Waals surface area (Å²) in [6.45, 7) is 8.58. The second kappa shape index (κ2) is 11.6. The maximum Gasteiger partial charge on any atom is 0.318 e. The quantitative estimate of drug-likeness (QED) is 0.528. The predicted octanol–water partition coefficient (Wildman–Crippen LogP) is 2.22. The summed E-state index contributed by atoms with van der Waals surface area (Å²) in [6.07, 6.45) is 11.3. The van der Waals surface area contributed by atoms with Crippen molar-refractivity contribution in [2.45, 2.75) is 39.2 Å². The summed E-state index contributed by atoms with van der Waals surface area (Å²) in [7, 11) is 0. The van der Waals surface area contributed by atoms with Crippen molar-refractivity contribution in [3.05, 3.63) is 66.0 Å². The topological polar surface area (TPSA) is 127 Å². The van der Waals surface area contributed by atoms with Crippen LogP contribution in [0.2, 0.25) is 0 Å². The number of hydrogen-bond acceptors (Lipinski definition) is 8. The summed E-state index contributed by atoms with van der Waals surface area (Å²) in [5, 5.41) is 5.89. The molecule has 0 aliphatic carbocycles. The van der Waals surface area contributed by atoms with E-state index in [1.807, 2.05) is 30.0 Å². The number of nitrogens with zero attached hydrogens (tertiary/aromatic N) is 6. The van der Waals surface area contributed by atoms with Crippen LogP contribution in [0.5, 0.6) is 0 Å². The zero-order valence-corrected chi connectivity index (χ0v) is 22.5. The molecule has 2 aromatic heterocycles. The fourth-order valence-electron chi connectivity index (χ4n) is 4.52. The number of rotatable bonds is 8. The van der Waals surface area contributed by atoms with Crippen molar-refractivity contribution < 1.29 is 19.1 Å². The minimum absolute atomic E-state index is 0.175. The molecule has 0 bridgehead atoms. The molecule has 3 amide bonds. The highest BCUT2D eigenvalue weighted by Crippen LogP contribution is 2.26. The molecule has 39 heavy (non-hydrogen) atoms. The van der Waals surface area contributed by atoms with E-state index in [4.69, 9.17) is 19.4 Å². The first-order chi connectivity index (χ1) is 18.9. The number of nitrogens with one attached hydrogen (secondary N) is 2. The first-order valence-corrected chi connectivity index (χ1v) is 13.3. The van der Waals surface area contributed by atoms with Crippen LogP contribution in [0.15, 0.2) is 60.3 Å². The van der Waals surface area contributed by atoms with Crippen LogP contribution in [-0.2, 0) is 14.3 Å². The number of carbonyl (C=O) groups is 2. The molecule has 0 spiro atoms. The predicted molar refractivity (Wildman–Crippen MR) is 144 cm³/mol. The molecule has 2 N–H and O–H groups in total. The van der Waals surface area contributed by atoms with Gasteiger partial charge in [-0.2, -0.15) is 4.98 Å². The summed E-state index contributed by atoms with van der Waals surface area (Å²) in [5.74, 6) is 2.48. The number of carbonyl (C=O) groups excluding carboxylic acids is 2. The van der Waals surface area contributed by atoms with Crippen LogP contribution in [-0.4, -0.2) is 81.7 Å². The lowest BCUT2D eigenvalue weighted by Crippen LogP contribution is -2.62. The number of hydrogen-bond donors (Lipinski definition) is 2. The maximum atomic E-state index is 13.5. The Morgan fingerprint density at radius 3 is 2.82 bits per heavy atom. The molecule has 12 heteroatoms. The Balaban J connectivity index is 1.36. The number of anilines is 1. The second-order valence-electron chi connectivity index (χ2n) is 9.88. The van der Waals surface area contributed by atoms with Crippen LogP contribution >= 0.6 is 0 Å². The standard InChI is InChI=1S/C27H34N8O4/c1-4-6-29-27(37)35-10-9-33(24-13-20(18(2)3)31-26(32-24)34-8-7-28-17-34)15-21(35)25(36)30-14-19-12-23-22(39-16-19)5-11-38-23/h5,7-8,12-13,16-18,21H,4,6,9-11,14-15H2,1-3H3,(H,29,37)(H,30,36). The Kier molecular flexibility index (Phi) is 7.80. The van der Waals surface area contributed by atoms with Gasteiger partial charge in [0.25, 0.3) is 0 Å². The highest BCUT2D eigenvalue weighted by atomic mass is 16.5. The van der Waals surface area contributed by atoms with Crippen LogP contribution in [0, 0.1) is 0 Å². The van der Waals surface area contributed by atoms with Crippen LogP contribution < -0.4 is 15.5 Å². The summed E-state index contributed by atoms with van der Waals surface area (Å²) in [5.41, 5.74) is 1.65. The molecule has 3 aliphatic rings. The van der Waals surface area contributed by atoms with Crippen molar-refractivity contribution >= 4 is 17.8 Å².